The van der Waals surface area contributed by atoms with Crippen molar-refractivity contribution in [2.45, 2.75) is 39.7 Å². The molecule has 0 aliphatic carbocycles. The van der Waals surface area contributed by atoms with Gasteiger partial charge in [0.25, 0.3) is 0 Å². The minimum atomic E-state index is 0.342. The number of benzene rings is 1. The fraction of sp³-hybridized carbons (Fsp3) is 0.588. The van der Waals surface area contributed by atoms with E-state index < -0.39 is 0 Å². The van der Waals surface area contributed by atoms with Crippen LogP contribution in [-0.2, 0) is 0 Å². The number of rotatable bonds is 6. The van der Waals surface area contributed by atoms with Crippen LogP contribution in [0.15, 0.2) is 29.3 Å². The zero-order valence-corrected chi connectivity index (χ0v) is 14.1. The maximum absolute atomic E-state index is 5.42. The molecule has 1 rings (SSSR count). The first-order chi connectivity index (χ1) is 9.99. The molecule has 118 valence electrons. The van der Waals surface area contributed by atoms with Gasteiger partial charge in [0, 0.05) is 25.6 Å². The zero-order chi connectivity index (χ0) is 15.8. The lowest BCUT2D eigenvalue weighted by molar-refractivity contribution is 0.406. The van der Waals surface area contributed by atoms with E-state index >= 15 is 0 Å². The summed E-state index contributed by atoms with van der Waals surface area (Å²) in [5.74, 6) is 2.69. The summed E-state index contributed by atoms with van der Waals surface area (Å²) in [6, 6.07) is 8.53. The van der Waals surface area contributed by atoms with Crippen LogP contribution in [0.2, 0.25) is 0 Å². The second-order valence-electron chi connectivity index (χ2n) is 5.77. The standard InChI is InChI=1S/C17H29N3O/c1-12(2)14(4)20-17(18-5)19-11-13(3)15-9-7-8-10-16(15)21-6/h7-10,12-14H,11H2,1-6H3,(H2,18,19,20). The van der Waals surface area contributed by atoms with Crippen LogP contribution in [0.1, 0.15) is 39.2 Å². The SMILES string of the molecule is CN=C(NCC(C)c1ccccc1OC)NC(C)C(C)C. The summed E-state index contributed by atoms with van der Waals surface area (Å²) in [7, 11) is 3.51. The van der Waals surface area contributed by atoms with Crippen molar-refractivity contribution < 1.29 is 4.74 Å². The van der Waals surface area contributed by atoms with Gasteiger partial charge in [-0.2, -0.15) is 0 Å². The van der Waals surface area contributed by atoms with Gasteiger partial charge in [-0.3, -0.25) is 4.99 Å². The third-order valence-electron chi connectivity index (χ3n) is 3.83. The summed E-state index contributed by atoms with van der Waals surface area (Å²) in [6.45, 7) is 9.56. The Morgan fingerprint density at radius 2 is 1.86 bits per heavy atom. The highest BCUT2D eigenvalue weighted by molar-refractivity contribution is 5.80. The van der Waals surface area contributed by atoms with E-state index in [4.69, 9.17) is 4.74 Å². The molecule has 0 heterocycles. The van der Waals surface area contributed by atoms with Crippen LogP contribution in [0.4, 0.5) is 0 Å². The Balaban J connectivity index is 2.60. The number of nitrogens with zero attached hydrogens (tertiary/aromatic N) is 1. The van der Waals surface area contributed by atoms with Gasteiger partial charge in [-0.25, -0.2) is 0 Å². The topological polar surface area (TPSA) is 45.7 Å². The summed E-state index contributed by atoms with van der Waals surface area (Å²) in [5.41, 5.74) is 1.21. The average Bonchev–Trinajstić information content (AvgIpc) is 2.50. The van der Waals surface area contributed by atoms with E-state index in [1.807, 2.05) is 18.2 Å². The molecule has 21 heavy (non-hydrogen) atoms. The maximum Gasteiger partial charge on any atom is 0.191 e. The first-order valence-corrected chi connectivity index (χ1v) is 7.59. The molecule has 0 saturated carbocycles. The van der Waals surface area contributed by atoms with E-state index in [1.54, 1.807) is 14.2 Å². The predicted octanol–water partition coefficient (Wildman–Crippen LogP) is 3.01. The highest BCUT2D eigenvalue weighted by atomic mass is 16.5. The Hall–Kier alpha value is -1.71. The smallest absolute Gasteiger partial charge is 0.191 e. The molecular weight excluding hydrogens is 262 g/mol. The van der Waals surface area contributed by atoms with Crippen molar-refractivity contribution in [1.82, 2.24) is 10.6 Å². The van der Waals surface area contributed by atoms with Crippen molar-refractivity contribution in [2.75, 3.05) is 20.7 Å². The summed E-state index contributed by atoms with van der Waals surface area (Å²) < 4.78 is 5.42. The van der Waals surface area contributed by atoms with Crippen molar-refractivity contribution in [3.63, 3.8) is 0 Å². The molecule has 0 saturated heterocycles. The number of nitrogens with one attached hydrogen (secondary N) is 2. The van der Waals surface area contributed by atoms with Gasteiger partial charge in [-0.1, -0.05) is 39.0 Å². The molecule has 0 aliphatic rings. The minimum Gasteiger partial charge on any atom is -0.496 e. The van der Waals surface area contributed by atoms with Gasteiger partial charge in [-0.05, 0) is 24.5 Å². The van der Waals surface area contributed by atoms with Crippen LogP contribution in [0.25, 0.3) is 0 Å². The molecule has 0 aromatic heterocycles. The molecule has 2 N–H and O–H groups in total. The van der Waals surface area contributed by atoms with Gasteiger partial charge in [0.2, 0.25) is 0 Å². The molecule has 0 bridgehead atoms. The highest BCUT2D eigenvalue weighted by Gasteiger charge is 2.13. The first kappa shape index (κ1) is 17.3. The Morgan fingerprint density at radius 3 is 2.43 bits per heavy atom. The maximum atomic E-state index is 5.42. The molecular formula is C17H29N3O. The van der Waals surface area contributed by atoms with Gasteiger partial charge < -0.3 is 15.4 Å². The largest absolute Gasteiger partial charge is 0.496 e. The Bertz CT molecular complexity index is 457. The van der Waals surface area contributed by atoms with Crippen molar-refractivity contribution in [3.05, 3.63) is 29.8 Å². The number of methoxy groups -OCH3 is 1. The summed E-state index contributed by atoms with van der Waals surface area (Å²) >= 11 is 0. The van der Waals surface area contributed by atoms with Crippen molar-refractivity contribution >= 4 is 5.96 Å². The normalized spacial score (nSPS) is 14.7. The van der Waals surface area contributed by atoms with Gasteiger partial charge in [0.15, 0.2) is 5.96 Å². The number of aliphatic imine (C=N–C) groups is 1. The van der Waals surface area contributed by atoms with Gasteiger partial charge in [0.05, 0.1) is 7.11 Å². The molecule has 4 heteroatoms. The van der Waals surface area contributed by atoms with Crippen molar-refractivity contribution in [2.24, 2.45) is 10.9 Å². The third-order valence-corrected chi connectivity index (χ3v) is 3.83. The zero-order valence-electron chi connectivity index (χ0n) is 14.1. The summed E-state index contributed by atoms with van der Waals surface area (Å²) in [4.78, 5) is 4.28. The summed E-state index contributed by atoms with van der Waals surface area (Å²) in [6.07, 6.45) is 0. The van der Waals surface area contributed by atoms with E-state index in [9.17, 15) is 0 Å². The molecule has 2 unspecified atom stereocenters. The quantitative estimate of drug-likeness (QED) is 0.625. The van der Waals surface area contributed by atoms with E-state index in [0.717, 1.165) is 18.3 Å². The van der Waals surface area contributed by atoms with Crippen LogP contribution in [0, 0.1) is 5.92 Å². The molecule has 0 fully saturated rings. The van der Waals surface area contributed by atoms with Crippen LogP contribution in [0.5, 0.6) is 5.75 Å². The van der Waals surface area contributed by atoms with E-state index in [2.05, 4.69) is 49.4 Å². The van der Waals surface area contributed by atoms with Gasteiger partial charge in [-0.15, -0.1) is 0 Å². The van der Waals surface area contributed by atoms with Gasteiger partial charge in [0.1, 0.15) is 5.75 Å². The highest BCUT2D eigenvalue weighted by Crippen LogP contribution is 2.25. The summed E-state index contributed by atoms with van der Waals surface area (Å²) in [5, 5.41) is 6.80. The van der Waals surface area contributed by atoms with E-state index in [0.29, 0.717) is 17.9 Å². The lowest BCUT2D eigenvalue weighted by Crippen LogP contribution is -2.45. The fourth-order valence-electron chi connectivity index (χ4n) is 2.01. The predicted molar refractivity (Wildman–Crippen MR) is 90.2 cm³/mol. The first-order valence-electron chi connectivity index (χ1n) is 7.59. The number of hydrogen-bond donors (Lipinski definition) is 2. The lowest BCUT2D eigenvalue weighted by atomic mass is 10.00. The van der Waals surface area contributed by atoms with Crippen LogP contribution in [0.3, 0.4) is 0 Å². The molecule has 0 radical (unpaired) electrons. The second kappa shape index (κ2) is 8.55. The van der Waals surface area contributed by atoms with Crippen LogP contribution >= 0.6 is 0 Å². The fourth-order valence-corrected chi connectivity index (χ4v) is 2.01. The third kappa shape index (κ3) is 5.29. The van der Waals surface area contributed by atoms with Crippen molar-refractivity contribution in [3.8, 4) is 5.75 Å². The minimum absolute atomic E-state index is 0.342. The Morgan fingerprint density at radius 1 is 1.19 bits per heavy atom. The second-order valence-corrected chi connectivity index (χ2v) is 5.77. The van der Waals surface area contributed by atoms with Crippen LogP contribution < -0.4 is 15.4 Å². The number of ether oxygens (including phenoxy) is 1. The molecule has 1 aromatic carbocycles. The molecule has 2 atom stereocenters. The monoisotopic (exact) mass is 291 g/mol. The van der Waals surface area contributed by atoms with E-state index in [1.165, 1.54) is 5.56 Å². The number of guanidine groups is 1. The molecule has 0 amide bonds. The average molecular weight is 291 g/mol. The molecule has 0 spiro atoms. The van der Waals surface area contributed by atoms with E-state index in [-0.39, 0.29) is 0 Å². The van der Waals surface area contributed by atoms with Gasteiger partial charge >= 0.3 is 0 Å². The lowest BCUT2D eigenvalue weighted by Gasteiger charge is -2.22. The Kier molecular flexibility index (Phi) is 7.06. The molecule has 1 aromatic rings. The number of hydrogen-bond acceptors (Lipinski definition) is 2. The Labute approximate surface area is 129 Å². The van der Waals surface area contributed by atoms with Crippen molar-refractivity contribution in [1.29, 1.82) is 0 Å². The molecule has 4 nitrogen and oxygen atoms in total. The molecule has 0 aliphatic heterocycles. The van der Waals surface area contributed by atoms with Crippen LogP contribution in [-0.4, -0.2) is 32.7 Å². The number of para-hydroxylation sites is 1.